The summed E-state index contributed by atoms with van der Waals surface area (Å²) in [6, 6.07) is 0. The maximum Gasteiger partial charge on any atom is 0.315 e. The summed E-state index contributed by atoms with van der Waals surface area (Å²) in [4.78, 5) is 12.5. The van der Waals surface area contributed by atoms with Gasteiger partial charge in [0.25, 0.3) is 0 Å². The van der Waals surface area contributed by atoms with E-state index < -0.39 is 17.6 Å². The molecule has 4 heteroatoms. The largest absolute Gasteiger partial charge is 0.465 e. The quantitative estimate of drug-likeness (QED) is 0.568. The molecule has 2 saturated carbocycles. The van der Waals surface area contributed by atoms with Crippen LogP contribution in [0.4, 0.5) is 0 Å². The molecule has 2 N–H and O–H groups in total. The van der Waals surface area contributed by atoms with Crippen molar-refractivity contribution in [3.8, 4) is 0 Å². The molecule has 0 unspecified atom stereocenters. The van der Waals surface area contributed by atoms with Crippen LogP contribution in [-0.4, -0.2) is 35.0 Å². The lowest BCUT2D eigenvalue weighted by molar-refractivity contribution is -0.200. The molecule has 4 nitrogen and oxygen atoms in total. The zero-order valence-corrected chi connectivity index (χ0v) is 12.1. The summed E-state index contributed by atoms with van der Waals surface area (Å²) in [7, 11) is 0. The molecular weight excluding hydrogens is 256 g/mol. The average molecular weight is 280 g/mol. The average Bonchev–Trinajstić information content (AvgIpc) is 2.76. The summed E-state index contributed by atoms with van der Waals surface area (Å²) < 4.78 is 5.28. The normalized spacial score (nSPS) is 48.0. The van der Waals surface area contributed by atoms with Crippen molar-refractivity contribution in [1.82, 2.24) is 0 Å². The van der Waals surface area contributed by atoms with E-state index in [1.54, 1.807) is 0 Å². The molecular formula is C16H24O4. The molecule has 112 valence electrons. The molecule has 1 aliphatic heterocycles. The number of cyclic esters (lactones) is 1. The van der Waals surface area contributed by atoms with Crippen molar-refractivity contribution in [2.24, 2.45) is 16.7 Å². The van der Waals surface area contributed by atoms with Gasteiger partial charge >= 0.3 is 5.97 Å². The van der Waals surface area contributed by atoms with Gasteiger partial charge in [-0.1, -0.05) is 18.6 Å². The molecule has 0 radical (unpaired) electrons. The van der Waals surface area contributed by atoms with Crippen LogP contribution in [0.25, 0.3) is 0 Å². The fraction of sp³-hybridized carbons (Fsp3) is 0.812. The van der Waals surface area contributed by atoms with Gasteiger partial charge in [-0.05, 0) is 38.0 Å². The zero-order chi connectivity index (χ0) is 14.5. The first-order chi connectivity index (χ1) is 9.45. The first kappa shape index (κ1) is 14.1. The second-order valence-electron chi connectivity index (χ2n) is 6.85. The summed E-state index contributed by atoms with van der Waals surface area (Å²) in [5.41, 5.74) is -0.107. The molecule has 1 saturated heterocycles. The number of rotatable bonds is 1. The highest BCUT2D eigenvalue weighted by Crippen LogP contribution is 2.64. The van der Waals surface area contributed by atoms with Crippen LogP contribution in [0.15, 0.2) is 12.2 Å². The fourth-order valence-electron chi connectivity index (χ4n) is 5.15. The Morgan fingerprint density at radius 2 is 2.05 bits per heavy atom. The lowest BCUT2D eigenvalue weighted by Crippen LogP contribution is -2.60. The molecule has 1 spiro atoms. The Morgan fingerprint density at radius 1 is 1.30 bits per heavy atom. The van der Waals surface area contributed by atoms with Crippen molar-refractivity contribution in [3.63, 3.8) is 0 Å². The number of carbonyl (C=O) groups excluding carboxylic acids is 1. The third-order valence-electron chi connectivity index (χ3n) is 6.08. The van der Waals surface area contributed by atoms with Gasteiger partial charge in [-0.3, -0.25) is 4.79 Å². The number of esters is 1. The molecule has 1 heterocycles. The predicted molar refractivity (Wildman–Crippen MR) is 73.8 cm³/mol. The lowest BCUT2D eigenvalue weighted by atomic mass is 9.51. The predicted octanol–water partition coefficient (Wildman–Crippen LogP) is 1.80. The van der Waals surface area contributed by atoms with Gasteiger partial charge in [0.05, 0.1) is 24.2 Å². The maximum atomic E-state index is 12.5. The molecule has 3 fully saturated rings. The smallest absolute Gasteiger partial charge is 0.315 e. The van der Waals surface area contributed by atoms with Crippen molar-refractivity contribution in [3.05, 3.63) is 12.2 Å². The Balaban J connectivity index is 2.11. The highest BCUT2D eigenvalue weighted by atomic mass is 16.5. The molecule has 5 atom stereocenters. The van der Waals surface area contributed by atoms with Gasteiger partial charge in [-0.2, -0.15) is 0 Å². The summed E-state index contributed by atoms with van der Waals surface area (Å²) in [5.74, 6) is -0.559. The molecule has 3 aliphatic rings. The Hall–Kier alpha value is -0.870. The SMILES string of the molecule is C=C(C)[C@]12CCC[C@]3(C(=O)OCC[C@@H]3O)[C@H]1[C@H](O)CC2. The Labute approximate surface area is 119 Å². The monoisotopic (exact) mass is 280 g/mol. The van der Waals surface area contributed by atoms with E-state index in [1.165, 1.54) is 0 Å². The highest BCUT2D eigenvalue weighted by molar-refractivity contribution is 5.79. The van der Waals surface area contributed by atoms with E-state index in [-0.39, 0.29) is 23.9 Å². The van der Waals surface area contributed by atoms with Gasteiger partial charge in [0.1, 0.15) is 0 Å². The number of hydrogen-bond acceptors (Lipinski definition) is 4. The highest BCUT2D eigenvalue weighted by Gasteiger charge is 2.66. The molecule has 0 aromatic carbocycles. The molecule has 0 amide bonds. The van der Waals surface area contributed by atoms with E-state index in [9.17, 15) is 15.0 Å². The van der Waals surface area contributed by atoms with Crippen molar-refractivity contribution in [2.75, 3.05) is 6.61 Å². The second-order valence-corrected chi connectivity index (χ2v) is 6.85. The molecule has 20 heavy (non-hydrogen) atoms. The number of hydrogen-bond donors (Lipinski definition) is 2. The molecule has 0 aromatic heterocycles. The van der Waals surface area contributed by atoms with Gasteiger partial charge in [0.2, 0.25) is 0 Å². The third kappa shape index (κ3) is 1.58. The van der Waals surface area contributed by atoms with Crippen molar-refractivity contribution < 1.29 is 19.7 Å². The molecule has 3 rings (SSSR count). The van der Waals surface area contributed by atoms with Crippen LogP contribution in [-0.2, 0) is 9.53 Å². The van der Waals surface area contributed by atoms with Crippen molar-refractivity contribution >= 4 is 5.97 Å². The Morgan fingerprint density at radius 3 is 2.70 bits per heavy atom. The summed E-state index contributed by atoms with van der Waals surface area (Å²) in [6.07, 6.45) is 3.20. The van der Waals surface area contributed by atoms with Crippen LogP contribution in [0.2, 0.25) is 0 Å². The molecule has 0 bridgehead atoms. The number of aliphatic hydroxyl groups excluding tert-OH is 2. The van der Waals surface area contributed by atoms with Crippen molar-refractivity contribution in [2.45, 2.75) is 57.7 Å². The first-order valence-electron chi connectivity index (χ1n) is 7.64. The van der Waals surface area contributed by atoms with E-state index in [2.05, 4.69) is 6.58 Å². The Bertz CT molecular complexity index is 442. The topological polar surface area (TPSA) is 66.8 Å². The number of allylic oxidation sites excluding steroid dienone is 1. The van der Waals surface area contributed by atoms with Crippen LogP contribution in [0.5, 0.6) is 0 Å². The molecule has 2 aliphatic carbocycles. The summed E-state index contributed by atoms with van der Waals surface area (Å²) in [6.45, 7) is 6.40. The molecule has 0 aromatic rings. The van der Waals surface area contributed by atoms with Crippen molar-refractivity contribution in [1.29, 1.82) is 0 Å². The van der Waals surface area contributed by atoms with Crippen LogP contribution in [0.1, 0.15) is 45.4 Å². The first-order valence-corrected chi connectivity index (χ1v) is 7.64. The van der Waals surface area contributed by atoms with Gasteiger partial charge in [-0.25, -0.2) is 0 Å². The van der Waals surface area contributed by atoms with E-state index in [1.807, 2.05) is 6.92 Å². The maximum absolute atomic E-state index is 12.5. The van der Waals surface area contributed by atoms with E-state index in [0.29, 0.717) is 19.3 Å². The standard InChI is InChI=1S/C16H24O4/c1-10(2)15-6-3-7-16(13(15)11(17)4-8-15)12(18)5-9-20-14(16)19/h11-13,17-18H,1,3-9H2,2H3/t11-,12+,13+,15-,16-/m1/s1. The van der Waals surface area contributed by atoms with Gasteiger partial charge in [0, 0.05) is 12.3 Å². The summed E-state index contributed by atoms with van der Waals surface area (Å²) in [5, 5.41) is 21.1. The zero-order valence-electron chi connectivity index (χ0n) is 12.1. The van der Waals surface area contributed by atoms with Crippen LogP contribution < -0.4 is 0 Å². The van der Waals surface area contributed by atoms with Gasteiger partial charge in [-0.15, -0.1) is 0 Å². The van der Waals surface area contributed by atoms with Crippen LogP contribution >= 0.6 is 0 Å². The van der Waals surface area contributed by atoms with E-state index in [4.69, 9.17) is 4.74 Å². The number of carbonyl (C=O) groups is 1. The number of ether oxygens (including phenoxy) is 1. The van der Waals surface area contributed by atoms with Crippen LogP contribution in [0.3, 0.4) is 0 Å². The minimum absolute atomic E-state index is 0.213. The lowest BCUT2D eigenvalue weighted by Gasteiger charge is -2.54. The Kier molecular flexibility index (Phi) is 3.22. The van der Waals surface area contributed by atoms with E-state index in [0.717, 1.165) is 24.8 Å². The van der Waals surface area contributed by atoms with Gasteiger partial charge < -0.3 is 14.9 Å². The third-order valence-corrected chi connectivity index (χ3v) is 6.08. The number of aliphatic hydroxyl groups is 2. The van der Waals surface area contributed by atoms with E-state index >= 15 is 0 Å². The summed E-state index contributed by atoms with van der Waals surface area (Å²) >= 11 is 0. The fourth-order valence-corrected chi connectivity index (χ4v) is 5.15. The number of fused-ring (bicyclic) bond motifs is 2. The van der Waals surface area contributed by atoms with Crippen LogP contribution in [0, 0.1) is 16.7 Å². The minimum Gasteiger partial charge on any atom is -0.465 e. The minimum atomic E-state index is -0.925. The van der Waals surface area contributed by atoms with Gasteiger partial charge in [0.15, 0.2) is 0 Å². The second kappa shape index (κ2) is 4.57.